The second-order valence-corrected chi connectivity index (χ2v) is 4.91. The van der Waals surface area contributed by atoms with Crippen molar-refractivity contribution in [2.45, 2.75) is 57.9 Å². The highest BCUT2D eigenvalue weighted by molar-refractivity contribution is 4.99. The molecule has 1 aliphatic carbocycles. The van der Waals surface area contributed by atoms with E-state index in [1.54, 1.807) is 0 Å². The number of hydrogen-bond acceptors (Lipinski definition) is 4. The van der Waals surface area contributed by atoms with Gasteiger partial charge in [0.2, 0.25) is 5.89 Å². The van der Waals surface area contributed by atoms with Crippen molar-refractivity contribution in [3.63, 3.8) is 0 Å². The standard InChI is InChI=1S/C12H21N3O/c1-3-9-4-6-10(7-5-9)11-14-12(8(2)13)16-15-11/h8-10H,3-7,13H2,1-2H3. The Morgan fingerprint density at radius 3 is 2.56 bits per heavy atom. The first kappa shape index (κ1) is 11.6. The lowest BCUT2D eigenvalue weighted by molar-refractivity contribution is 0.302. The predicted molar refractivity (Wildman–Crippen MR) is 61.9 cm³/mol. The van der Waals surface area contributed by atoms with E-state index >= 15 is 0 Å². The van der Waals surface area contributed by atoms with Gasteiger partial charge in [-0.1, -0.05) is 18.5 Å². The van der Waals surface area contributed by atoms with Crippen LogP contribution < -0.4 is 5.73 Å². The smallest absolute Gasteiger partial charge is 0.243 e. The molecule has 4 nitrogen and oxygen atoms in total. The molecule has 90 valence electrons. The van der Waals surface area contributed by atoms with Crippen molar-refractivity contribution in [1.29, 1.82) is 0 Å². The van der Waals surface area contributed by atoms with Gasteiger partial charge in [-0.15, -0.1) is 0 Å². The van der Waals surface area contributed by atoms with Crippen molar-refractivity contribution in [1.82, 2.24) is 10.1 Å². The van der Waals surface area contributed by atoms with Crippen molar-refractivity contribution in [2.24, 2.45) is 11.7 Å². The van der Waals surface area contributed by atoms with Crippen LogP contribution in [0.3, 0.4) is 0 Å². The van der Waals surface area contributed by atoms with Crippen LogP contribution in [-0.2, 0) is 0 Å². The molecule has 1 atom stereocenters. The zero-order valence-corrected chi connectivity index (χ0v) is 10.1. The number of rotatable bonds is 3. The highest BCUT2D eigenvalue weighted by Gasteiger charge is 2.25. The summed E-state index contributed by atoms with van der Waals surface area (Å²) in [5, 5.41) is 4.05. The molecular formula is C12H21N3O. The van der Waals surface area contributed by atoms with Crippen LogP contribution in [0.15, 0.2) is 4.52 Å². The molecule has 0 aliphatic heterocycles. The molecule has 1 saturated carbocycles. The van der Waals surface area contributed by atoms with E-state index in [0.717, 1.165) is 11.7 Å². The summed E-state index contributed by atoms with van der Waals surface area (Å²) in [6.45, 7) is 4.14. The maximum Gasteiger partial charge on any atom is 0.243 e. The summed E-state index contributed by atoms with van der Waals surface area (Å²) < 4.78 is 5.15. The summed E-state index contributed by atoms with van der Waals surface area (Å²) in [6, 6.07) is -0.159. The largest absolute Gasteiger partial charge is 0.338 e. The molecule has 0 saturated heterocycles. The molecule has 1 heterocycles. The van der Waals surface area contributed by atoms with E-state index in [9.17, 15) is 0 Å². The maximum atomic E-state index is 5.70. The van der Waals surface area contributed by atoms with E-state index < -0.39 is 0 Å². The van der Waals surface area contributed by atoms with Gasteiger partial charge in [0, 0.05) is 5.92 Å². The Labute approximate surface area is 96.6 Å². The van der Waals surface area contributed by atoms with Crippen LogP contribution in [0.2, 0.25) is 0 Å². The summed E-state index contributed by atoms with van der Waals surface area (Å²) in [7, 11) is 0. The molecule has 2 N–H and O–H groups in total. The van der Waals surface area contributed by atoms with Crippen molar-refractivity contribution >= 4 is 0 Å². The third kappa shape index (κ3) is 2.43. The van der Waals surface area contributed by atoms with Gasteiger partial charge in [0.05, 0.1) is 6.04 Å². The number of nitrogens with zero attached hydrogens (tertiary/aromatic N) is 2. The summed E-state index contributed by atoms with van der Waals surface area (Å²) in [6.07, 6.45) is 6.27. The van der Waals surface area contributed by atoms with Gasteiger partial charge in [0.25, 0.3) is 0 Å². The summed E-state index contributed by atoms with van der Waals surface area (Å²) in [5.74, 6) is 2.81. The van der Waals surface area contributed by atoms with E-state index in [1.165, 1.54) is 32.1 Å². The molecule has 2 rings (SSSR count). The third-order valence-electron chi connectivity index (χ3n) is 3.64. The van der Waals surface area contributed by atoms with Crippen molar-refractivity contribution in [3.05, 3.63) is 11.7 Å². The topological polar surface area (TPSA) is 64.9 Å². The Morgan fingerprint density at radius 2 is 2.06 bits per heavy atom. The highest BCUT2D eigenvalue weighted by atomic mass is 16.5. The average Bonchev–Trinajstić information content (AvgIpc) is 2.78. The Balaban J connectivity index is 1.97. The van der Waals surface area contributed by atoms with Crippen LogP contribution in [0.4, 0.5) is 0 Å². The van der Waals surface area contributed by atoms with Gasteiger partial charge in [0.1, 0.15) is 0 Å². The Hall–Kier alpha value is -0.900. The summed E-state index contributed by atoms with van der Waals surface area (Å²) in [4.78, 5) is 4.38. The van der Waals surface area contributed by atoms with Gasteiger partial charge in [0.15, 0.2) is 5.82 Å². The fourth-order valence-electron chi connectivity index (χ4n) is 2.43. The molecule has 0 aromatic carbocycles. The molecule has 0 radical (unpaired) electrons. The second-order valence-electron chi connectivity index (χ2n) is 4.91. The minimum atomic E-state index is -0.159. The SMILES string of the molecule is CCC1CCC(c2noc(C(C)N)n2)CC1. The van der Waals surface area contributed by atoms with Crippen LogP contribution in [0.1, 0.15) is 69.6 Å². The Morgan fingerprint density at radius 1 is 1.38 bits per heavy atom. The molecule has 1 aliphatic rings. The van der Waals surface area contributed by atoms with Crippen LogP contribution in [0.5, 0.6) is 0 Å². The van der Waals surface area contributed by atoms with E-state index in [-0.39, 0.29) is 6.04 Å². The second kappa shape index (κ2) is 4.95. The Kier molecular flexibility index (Phi) is 3.59. The highest BCUT2D eigenvalue weighted by Crippen LogP contribution is 2.35. The van der Waals surface area contributed by atoms with Gasteiger partial charge in [-0.05, 0) is 38.5 Å². The summed E-state index contributed by atoms with van der Waals surface area (Å²) >= 11 is 0. The lowest BCUT2D eigenvalue weighted by Gasteiger charge is -2.25. The van der Waals surface area contributed by atoms with Crippen molar-refractivity contribution in [3.8, 4) is 0 Å². The number of hydrogen-bond donors (Lipinski definition) is 1. The first-order valence-electron chi connectivity index (χ1n) is 6.29. The van der Waals surface area contributed by atoms with E-state index in [2.05, 4.69) is 17.1 Å². The number of aromatic nitrogens is 2. The van der Waals surface area contributed by atoms with Crippen LogP contribution in [0.25, 0.3) is 0 Å². The first-order valence-corrected chi connectivity index (χ1v) is 6.29. The fraction of sp³-hybridized carbons (Fsp3) is 0.833. The first-order chi connectivity index (χ1) is 7.70. The maximum absolute atomic E-state index is 5.70. The minimum absolute atomic E-state index is 0.159. The van der Waals surface area contributed by atoms with E-state index in [4.69, 9.17) is 10.3 Å². The van der Waals surface area contributed by atoms with Gasteiger partial charge < -0.3 is 10.3 Å². The van der Waals surface area contributed by atoms with E-state index in [0.29, 0.717) is 11.8 Å². The molecular weight excluding hydrogens is 202 g/mol. The minimum Gasteiger partial charge on any atom is -0.338 e. The zero-order chi connectivity index (χ0) is 11.5. The number of nitrogens with two attached hydrogens (primary N) is 1. The van der Waals surface area contributed by atoms with Crippen LogP contribution in [-0.4, -0.2) is 10.1 Å². The average molecular weight is 223 g/mol. The molecule has 1 unspecified atom stereocenters. The molecule has 0 bridgehead atoms. The normalized spacial score (nSPS) is 27.9. The molecule has 0 amide bonds. The molecule has 1 aromatic heterocycles. The van der Waals surface area contributed by atoms with Gasteiger partial charge in [-0.3, -0.25) is 0 Å². The molecule has 4 heteroatoms. The monoisotopic (exact) mass is 223 g/mol. The van der Waals surface area contributed by atoms with E-state index in [1.807, 2.05) is 6.92 Å². The van der Waals surface area contributed by atoms with Crippen molar-refractivity contribution in [2.75, 3.05) is 0 Å². The van der Waals surface area contributed by atoms with Crippen LogP contribution >= 0.6 is 0 Å². The quantitative estimate of drug-likeness (QED) is 0.855. The van der Waals surface area contributed by atoms with Crippen LogP contribution in [0, 0.1) is 5.92 Å². The molecule has 0 spiro atoms. The van der Waals surface area contributed by atoms with Gasteiger partial charge >= 0.3 is 0 Å². The molecule has 16 heavy (non-hydrogen) atoms. The fourth-order valence-corrected chi connectivity index (χ4v) is 2.43. The molecule has 1 fully saturated rings. The lowest BCUT2D eigenvalue weighted by Crippen LogP contribution is -2.14. The summed E-state index contributed by atoms with van der Waals surface area (Å²) in [5.41, 5.74) is 5.70. The van der Waals surface area contributed by atoms with Gasteiger partial charge in [-0.25, -0.2) is 0 Å². The predicted octanol–water partition coefficient (Wildman–Crippen LogP) is 2.77. The lowest BCUT2D eigenvalue weighted by atomic mass is 9.80. The zero-order valence-electron chi connectivity index (χ0n) is 10.1. The third-order valence-corrected chi connectivity index (χ3v) is 3.64. The Bertz CT molecular complexity index is 327. The molecule has 1 aromatic rings. The van der Waals surface area contributed by atoms with Crippen molar-refractivity contribution < 1.29 is 4.52 Å². The van der Waals surface area contributed by atoms with Gasteiger partial charge in [-0.2, -0.15) is 4.98 Å².